The molecule has 0 atom stereocenters. The van der Waals surface area contributed by atoms with Gasteiger partial charge in [0.15, 0.2) is 5.65 Å². The molecule has 0 aliphatic heterocycles. The summed E-state index contributed by atoms with van der Waals surface area (Å²) in [5.74, 6) is 0.102. The summed E-state index contributed by atoms with van der Waals surface area (Å²) in [6.07, 6.45) is 0. The monoisotopic (exact) mass is 393 g/mol. The molecule has 0 saturated heterocycles. The maximum Gasteiger partial charge on any atom is 0.332 e. The van der Waals surface area contributed by atoms with Crippen LogP contribution in [0.15, 0.2) is 64.2 Å². The summed E-state index contributed by atoms with van der Waals surface area (Å²) in [6.45, 7) is 0. The summed E-state index contributed by atoms with van der Waals surface area (Å²) >= 11 is 6.01. The predicted molar refractivity (Wildman–Crippen MR) is 110 cm³/mol. The molecule has 6 nitrogen and oxygen atoms in total. The number of halogens is 1. The van der Waals surface area contributed by atoms with E-state index < -0.39 is 11.2 Å². The van der Waals surface area contributed by atoms with Crippen molar-refractivity contribution in [2.45, 2.75) is 0 Å². The van der Waals surface area contributed by atoms with Gasteiger partial charge in [0, 0.05) is 30.2 Å². The molecule has 0 aliphatic rings. The number of rotatable bonds is 2. The third-order valence-electron chi connectivity index (χ3n) is 4.71. The predicted octanol–water partition coefficient (Wildman–Crippen LogP) is 3.33. The van der Waals surface area contributed by atoms with E-state index in [-0.39, 0.29) is 11.4 Å². The number of phenols is 1. The van der Waals surface area contributed by atoms with Crippen LogP contribution in [0.1, 0.15) is 0 Å². The van der Waals surface area contributed by atoms with Crippen molar-refractivity contribution < 1.29 is 5.11 Å². The molecule has 2 heterocycles. The standard InChI is InChI=1S/C21H16ClN3O3/c1-24-19-18(20(27)25(2)21(24)28)16(12-6-8-14(22)9-7-12)11-17(23-19)13-4-3-5-15(26)10-13/h3-11,26H,1-2H3. The largest absolute Gasteiger partial charge is 0.508 e. The van der Waals surface area contributed by atoms with Crippen molar-refractivity contribution in [3.8, 4) is 28.1 Å². The van der Waals surface area contributed by atoms with Crippen molar-refractivity contribution in [3.05, 3.63) is 80.5 Å². The lowest BCUT2D eigenvalue weighted by atomic mass is 10.00. The first-order valence-electron chi connectivity index (χ1n) is 8.53. The number of nitrogens with zero attached hydrogens (tertiary/aromatic N) is 3. The van der Waals surface area contributed by atoms with E-state index in [1.165, 1.54) is 11.6 Å². The van der Waals surface area contributed by atoms with Crippen LogP contribution in [0.4, 0.5) is 0 Å². The number of hydrogen-bond donors (Lipinski definition) is 1. The molecule has 1 N–H and O–H groups in total. The maximum absolute atomic E-state index is 12.9. The summed E-state index contributed by atoms with van der Waals surface area (Å²) in [7, 11) is 3.02. The first kappa shape index (κ1) is 18.0. The Kier molecular flexibility index (Phi) is 4.28. The minimum absolute atomic E-state index is 0.102. The van der Waals surface area contributed by atoms with Gasteiger partial charge in [-0.05, 0) is 35.9 Å². The Morgan fingerprint density at radius 2 is 1.64 bits per heavy atom. The highest BCUT2D eigenvalue weighted by Crippen LogP contribution is 2.31. The van der Waals surface area contributed by atoms with E-state index >= 15 is 0 Å². The Morgan fingerprint density at radius 1 is 0.929 bits per heavy atom. The fourth-order valence-corrected chi connectivity index (χ4v) is 3.35. The molecule has 7 heteroatoms. The molecule has 140 valence electrons. The van der Waals surface area contributed by atoms with E-state index in [2.05, 4.69) is 4.98 Å². The lowest BCUT2D eigenvalue weighted by molar-refractivity contribution is 0.475. The number of aromatic hydroxyl groups is 1. The Labute approximate surface area is 164 Å². The summed E-state index contributed by atoms with van der Waals surface area (Å²) in [5.41, 5.74) is 2.02. The maximum atomic E-state index is 12.9. The van der Waals surface area contributed by atoms with Crippen molar-refractivity contribution >= 4 is 22.6 Å². The van der Waals surface area contributed by atoms with Crippen LogP contribution >= 0.6 is 11.6 Å². The highest BCUT2D eigenvalue weighted by atomic mass is 35.5. The minimum atomic E-state index is -0.458. The molecule has 0 spiro atoms. The van der Waals surface area contributed by atoms with E-state index in [1.807, 2.05) is 12.1 Å². The molecule has 4 rings (SSSR count). The second-order valence-corrected chi connectivity index (χ2v) is 6.95. The molecule has 0 fully saturated rings. The molecule has 0 amide bonds. The molecule has 2 aromatic heterocycles. The lowest BCUT2D eigenvalue weighted by Gasteiger charge is -2.13. The van der Waals surface area contributed by atoms with Gasteiger partial charge in [0.25, 0.3) is 5.56 Å². The number of phenolic OH excluding ortho intramolecular Hbond substituents is 1. The molecule has 2 aromatic carbocycles. The average molecular weight is 394 g/mol. The Bertz CT molecular complexity index is 1340. The fourth-order valence-electron chi connectivity index (χ4n) is 3.23. The number of pyridine rings is 1. The number of benzene rings is 2. The highest BCUT2D eigenvalue weighted by Gasteiger charge is 2.17. The van der Waals surface area contributed by atoms with Crippen LogP contribution < -0.4 is 11.2 Å². The Morgan fingerprint density at radius 3 is 2.32 bits per heavy atom. The van der Waals surface area contributed by atoms with Crippen LogP contribution in [-0.4, -0.2) is 19.2 Å². The van der Waals surface area contributed by atoms with Crippen LogP contribution in [0, 0.1) is 0 Å². The molecular formula is C21H16ClN3O3. The van der Waals surface area contributed by atoms with Crippen molar-refractivity contribution in [2.75, 3.05) is 0 Å². The minimum Gasteiger partial charge on any atom is -0.508 e. The van der Waals surface area contributed by atoms with Gasteiger partial charge in [-0.15, -0.1) is 0 Å². The van der Waals surface area contributed by atoms with E-state index in [1.54, 1.807) is 49.5 Å². The van der Waals surface area contributed by atoms with Gasteiger partial charge in [0.1, 0.15) is 5.75 Å². The normalized spacial score (nSPS) is 11.1. The van der Waals surface area contributed by atoms with Crippen LogP contribution in [-0.2, 0) is 14.1 Å². The van der Waals surface area contributed by atoms with Gasteiger partial charge in [0.2, 0.25) is 0 Å². The first-order chi connectivity index (χ1) is 13.4. The fraction of sp³-hybridized carbons (Fsp3) is 0.0952. The molecule has 0 radical (unpaired) electrons. The molecule has 0 bridgehead atoms. The molecule has 0 saturated carbocycles. The molecule has 28 heavy (non-hydrogen) atoms. The lowest BCUT2D eigenvalue weighted by Crippen LogP contribution is -2.37. The second kappa shape index (κ2) is 6.65. The van der Waals surface area contributed by atoms with Crippen LogP contribution in [0.3, 0.4) is 0 Å². The van der Waals surface area contributed by atoms with Gasteiger partial charge in [-0.1, -0.05) is 35.9 Å². The molecular weight excluding hydrogens is 378 g/mol. The number of hydrogen-bond acceptors (Lipinski definition) is 4. The van der Waals surface area contributed by atoms with Crippen molar-refractivity contribution in [1.82, 2.24) is 14.1 Å². The van der Waals surface area contributed by atoms with Crippen LogP contribution in [0.2, 0.25) is 5.02 Å². The quantitative estimate of drug-likeness (QED) is 0.566. The zero-order valence-electron chi connectivity index (χ0n) is 15.2. The zero-order chi connectivity index (χ0) is 20.0. The summed E-state index contributed by atoms with van der Waals surface area (Å²) < 4.78 is 2.42. The number of fused-ring (bicyclic) bond motifs is 1. The van der Waals surface area contributed by atoms with Crippen LogP contribution in [0.5, 0.6) is 5.75 Å². The van der Waals surface area contributed by atoms with Gasteiger partial charge >= 0.3 is 5.69 Å². The average Bonchev–Trinajstić information content (AvgIpc) is 2.70. The van der Waals surface area contributed by atoms with Crippen LogP contribution in [0.25, 0.3) is 33.4 Å². The SMILES string of the molecule is Cn1c(=O)c2c(-c3ccc(Cl)cc3)cc(-c3cccc(O)c3)nc2n(C)c1=O. The van der Waals surface area contributed by atoms with Gasteiger partial charge in [0.05, 0.1) is 11.1 Å². The van der Waals surface area contributed by atoms with Crippen molar-refractivity contribution in [3.63, 3.8) is 0 Å². The first-order valence-corrected chi connectivity index (χ1v) is 8.90. The third kappa shape index (κ3) is 2.88. The van der Waals surface area contributed by atoms with E-state index in [0.717, 1.165) is 10.1 Å². The van der Waals surface area contributed by atoms with Crippen molar-refractivity contribution in [2.24, 2.45) is 14.1 Å². The smallest absolute Gasteiger partial charge is 0.332 e. The van der Waals surface area contributed by atoms with Gasteiger partial charge in [-0.25, -0.2) is 9.78 Å². The van der Waals surface area contributed by atoms with Gasteiger partial charge in [-0.3, -0.25) is 13.9 Å². The van der Waals surface area contributed by atoms with E-state index in [4.69, 9.17) is 11.6 Å². The van der Waals surface area contributed by atoms with E-state index in [0.29, 0.717) is 27.2 Å². The Hall–Kier alpha value is -3.38. The number of aryl methyl sites for hydroxylation is 1. The molecule has 0 aliphatic carbocycles. The van der Waals surface area contributed by atoms with Gasteiger partial charge < -0.3 is 5.11 Å². The summed E-state index contributed by atoms with van der Waals surface area (Å²) in [5, 5.41) is 10.8. The topological polar surface area (TPSA) is 77.1 Å². The summed E-state index contributed by atoms with van der Waals surface area (Å²) in [6, 6.07) is 15.6. The van der Waals surface area contributed by atoms with Gasteiger partial charge in [-0.2, -0.15) is 0 Å². The Balaban J connectivity index is 2.17. The third-order valence-corrected chi connectivity index (χ3v) is 4.96. The van der Waals surface area contributed by atoms with Crippen molar-refractivity contribution in [1.29, 1.82) is 0 Å². The zero-order valence-corrected chi connectivity index (χ0v) is 15.9. The summed E-state index contributed by atoms with van der Waals surface area (Å²) in [4.78, 5) is 29.9. The second-order valence-electron chi connectivity index (χ2n) is 6.52. The number of aromatic nitrogens is 3. The highest BCUT2D eigenvalue weighted by molar-refractivity contribution is 6.30. The molecule has 4 aromatic rings. The molecule has 0 unspecified atom stereocenters. The van der Waals surface area contributed by atoms with E-state index in [9.17, 15) is 14.7 Å².